The van der Waals surface area contributed by atoms with Gasteiger partial charge in [0.15, 0.2) is 0 Å². The summed E-state index contributed by atoms with van der Waals surface area (Å²) in [5, 5.41) is 0. The molecule has 0 aliphatic carbocycles. The number of likely N-dealkylation sites (N-methyl/N-ethyl adjacent to an activating group) is 1. The summed E-state index contributed by atoms with van der Waals surface area (Å²) in [6.07, 6.45) is 3.93. The molecule has 0 spiro atoms. The highest BCUT2D eigenvalue weighted by Gasteiger charge is 2.26. The Morgan fingerprint density at radius 2 is 1.85 bits per heavy atom. The topological polar surface area (TPSA) is 92.0 Å². The van der Waals surface area contributed by atoms with Gasteiger partial charge in [-0.15, -0.1) is 0 Å². The van der Waals surface area contributed by atoms with Crippen molar-refractivity contribution in [3.63, 3.8) is 0 Å². The van der Waals surface area contributed by atoms with Crippen molar-refractivity contribution in [3.05, 3.63) is 0 Å². The summed E-state index contributed by atoms with van der Waals surface area (Å²) in [7, 11) is 3.76. The molecule has 0 unspecified atom stereocenters. The second kappa shape index (κ2) is 10.8. The molecule has 0 aromatic carbocycles. The zero-order valence-corrected chi connectivity index (χ0v) is 13.3. The van der Waals surface area contributed by atoms with Gasteiger partial charge < -0.3 is 5.73 Å². The molecule has 0 rings (SSSR count). The van der Waals surface area contributed by atoms with E-state index in [0.29, 0.717) is 18.9 Å². The highest BCUT2D eigenvalue weighted by Crippen LogP contribution is 2.07. The Balaban J connectivity index is 4.02. The molecule has 0 heterocycles. The zero-order chi connectivity index (χ0) is 15.5. The van der Waals surface area contributed by atoms with E-state index >= 15 is 0 Å². The van der Waals surface area contributed by atoms with E-state index in [1.165, 1.54) is 5.43 Å². The van der Waals surface area contributed by atoms with Gasteiger partial charge in [-0.1, -0.05) is 20.3 Å². The smallest absolute Gasteiger partial charge is 0.330 e. The molecule has 6 nitrogen and oxygen atoms in total. The zero-order valence-electron chi connectivity index (χ0n) is 13.3. The van der Waals surface area contributed by atoms with E-state index < -0.39 is 0 Å². The summed E-state index contributed by atoms with van der Waals surface area (Å²) < 4.78 is 0. The van der Waals surface area contributed by atoms with E-state index in [1.807, 2.05) is 19.0 Å². The van der Waals surface area contributed by atoms with Gasteiger partial charge in [0.2, 0.25) is 0 Å². The van der Waals surface area contributed by atoms with Crippen molar-refractivity contribution < 1.29 is 15.0 Å². The summed E-state index contributed by atoms with van der Waals surface area (Å²) in [4.78, 5) is 25.6. The number of carbonyl (C=O) groups is 2. The SMILES string of the molecule is CC(C)C[C@H](C(=O)[NH2+]NC(=O)CCCCCN)N(C)C. The molecular weight excluding hydrogens is 256 g/mol. The van der Waals surface area contributed by atoms with E-state index in [1.54, 1.807) is 0 Å². The predicted molar refractivity (Wildman–Crippen MR) is 79.5 cm³/mol. The summed E-state index contributed by atoms with van der Waals surface area (Å²) in [6, 6.07) is -0.174. The molecule has 6 heteroatoms. The average molecular weight is 287 g/mol. The molecule has 0 aliphatic heterocycles. The number of hydrogen-bond acceptors (Lipinski definition) is 4. The summed E-state index contributed by atoms with van der Waals surface area (Å²) in [5.41, 5.74) is 9.30. The van der Waals surface area contributed by atoms with E-state index in [-0.39, 0.29) is 17.9 Å². The van der Waals surface area contributed by atoms with Crippen molar-refractivity contribution in [2.45, 2.75) is 52.0 Å². The average Bonchev–Trinajstić information content (AvgIpc) is 2.37. The molecule has 0 aromatic rings. The molecule has 5 N–H and O–H groups in total. The van der Waals surface area contributed by atoms with Gasteiger partial charge in [-0.2, -0.15) is 10.9 Å². The number of nitrogens with one attached hydrogen (secondary N) is 1. The van der Waals surface area contributed by atoms with Crippen molar-refractivity contribution in [2.24, 2.45) is 11.7 Å². The molecule has 0 saturated heterocycles. The molecule has 0 saturated carbocycles. The van der Waals surface area contributed by atoms with Gasteiger partial charge in [-0.3, -0.25) is 9.69 Å². The molecule has 0 fully saturated rings. The van der Waals surface area contributed by atoms with Gasteiger partial charge in [0.25, 0.3) is 5.91 Å². The maximum Gasteiger partial charge on any atom is 0.351 e. The van der Waals surface area contributed by atoms with Crippen LogP contribution >= 0.6 is 0 Å². The number of carbonyl (C=O) groups excluding carboxylic acids is 2. The van der Waals surface area contributed by atoms with Gasteiger partial charge in [0.05, 0.1) is 0 Å². The van der Waals surface area contributed by atoms with Crippen LogP contribution in [-0.4, -0.2) is 43.4 Å². The van der Waals surface area contributed by atoms with Gasteiger partial charge in [-0.05, 0) is 45.8 Å². The largest absolute Gasteiger partial charge is 0.351 e. The van der Waals surface area contributed by atoms with Crippen LogP contribution in [0.1, 0.15) is 46.0 Å². The Hall–Kier alpha value is -0.980. The molecular formula is C14H31N4O2+. The van der Waals surface area contributed by atoms with Crippen molar-refractivity contribution in [1.82, 2.24) is 10.3 Å². The summed E-state index contributed by atoms with van der Waals surface area (Å²) >= 11 is 0. The molecule has 0 aliphatic rings. The third-order valence-electron chi connectivity index (χ3n) is 3.13. The molecule has 0 bridgehead atoms. The van der Waals surface area contributed by atoms with Crippen molar-refractivity contribution in [2.75, 3.05) is 20.6 Å². The maximum absolute atomic E-state index is 12.1. The quantitative estimate of drug-likeness (QED) is 0.233. The minimum atomic E-state index is -0.174. The number of hydrogen-bond donors (Lipinski definition) is 3. The number of nitrogens with zero attached hydrogens (tertiary/aromatic N) is 1. The third-order valence-corrected chi connectivity index (χ3v) is 3.13. The first-order valence-corrected chi connectivity index (χ1v) is 7.41. The highest BCUT2D eigenvalue weighted by atomic mass is 16.2. The van der Waals surface area contributed by atoms with Gasteiger partial charge >= 0.3 is 5.91 Å². The minimum absolute atomic E-state index is 0.0426. The molecule has 0 aromatic heterocycles. The van der Waals surface area contributed by atoms with Crippen LogP contribution in [0, 0.1) is 5.92 Å². The number of quaternary nitrogens is 1. The lowest BCUT2D eigenvalue weighted by Gasteiger charge is -2.22. The van der Waals surface area contributed by atoms with Crippen LogP contribution in [0.15, 0.2) is 0 Å². The number of unbranched alkanes of at least 4 members (excludes halogenated alkanes) is 2. The highest BCUT2D eigenvalue weighted by molar-refractivity contribution is 5.77. The molecule has 20 heavy (non-hydrogen) atoms. The first-order valence-electron chi connectivity index (χ1n) is 7.41. The van der Waals surface area contributed by atoms with Crippen LogP contribution in [0.3, 0.4) is 0 Å². The van der Waals surface area contributed by atoms with Crippen molar-refractivity contribution in [3.8, 4) is 0 Å². The monoisotopic (exact) mass is 287 g/mol. The first kappa shape index (κ1) is 19.0. The van der Waals surface area contributed by atoms with Gasteiger partial charge in [0, 0.05) is 6.42 Å². The standard InChI is InChI=1S/C14H30N4O2/c1-11(2)10-12(18(3)4)14(20)17-16-13(19)8-6-5-7-9-15/h11-12H,5-10,15H2,1-4H3,(H,16,19)(H,17,20)/p+1/t12-/m1/s1. The Kier molecular flexibility index (Phi) is 10.2. The van der Waals surface area contributed by atoms with E-state index in [0.717, 1.165) is 25.7 Å². The molecule has 2 amide bonds. The maximum atomic E-state index is 12.1. The minimum Gasteiger partial charge on any atom is -0.330 e. The van der Waals surface area contributed by atoms with Crippen LogP contribution in [0.25, 0.3) is 0 Å². The fourth-order valence-electron chi connectivity index (χ4n) is 1.95. The van der Waals surface area contributed by atoms with Crippen LogP contribution in [0.2, 0.25) is 0 Å². The summed E-state index contributed by atoms with van der Waals surface area (Å²) in [6.45, 7) is 4.82. The Morgan fingerprint density at radius 3 is 2.35 bits per heavy atom. The Morgan fingerprint density at radius 1 is 1.20 bits per heavy atom. The Labute approximate surface area is 122 Å². The Bertz CT molecular complexity index is 293. The van der Waals surface area contributed by atoms with Crippen molar-refractivity contribution >= 4 is 11.8 Å². The molecule has 1 atom stereocenters. The van der Waals surface area contributed by atoms with Crippen LogP contribution in [0.5, 0.6) is 0 Å². The van der Waals surface area contributed by atoms with E-state index in [4.69, 9.17) is 5.73 Å². The number of primary amides is 1. The fraction of sp³-hybridized carbons (Fsp3) is 0.857. The van der Waals surface area contributed by atoms with Gasteiger partial charge in [-0.25, -0.2) is 4.79 Å². The van der Waals surface area contributed by atoms with E-state index in [2.05, 4.69) is 19.3 Å². The third kappa shape index (κ3) is 9.01. The van der Waals surface area contributed by atoms with Crippen LogP contribution in [-0.2, 0) is 9.59 Å². The lowest BCUT2D eigenvalue weighted by Crippen LogP contribution is -2.99. The van der Waals surface area contributed by atoms with Crippen LogP contribution in [0.4, 0.5) is 0 Å². The normalized spacial score (nSPS) is 12.8. The number of amides is 2. The van der Waals surface area contributed by atoms with Crippen molar-refractivity contribution in [1.29, 1.82) is 0 Å². The summed E-state index contributed by atoms with van der Waals surface area (Å²) in [5.74, 6) is 0.295. The lowest BCUT2D eigenvalue weighted by molar-refractivity contribution is -0.616. The van der Waals surface area contributed by atoms with E-state index in [9.17, 15) is 9.59 Å². The first-order chi connectivity index (χ1) is 9.38. The van der Waals surface area contributed by atoms with Gasteiger partial charge in [0.1, 0.15) is 6.04 Å². The lowest BCUT2D eigenvalue weighted by atomic mass is 10.0. The predicted octanol–water partition coefficient (Wildman–Crippen LogP) is -0.397. The molecule has 0 radical (unpaired) electrons. The molecule has 118 valence electrons. The van der Waals surface area contributed by atoms with Crippen LogP contribution < -0.4 is 16.6 Å². The second-order valence-corrected chi connectivity index (χ2v) is 5.82. The number of rotatable bonds is 9. The fourth-order valence-corrected chi connectivity index (χ4v) is 1.95. The second-order valence-electron chi connectivity index (χ2n) is 5.82. The number of nitrogens with two attached hydrogens (primary N) is 2.